The molecule has 2 N–H and O–H groups in total. The molecule has 1 fully saturated rings. The third kappa shape index (κ3) is 1.81. The number of nitrogen functional groups attached to an aromatic ring is 1. The zero-order valence-electron chi connectivity index (χ0n) is 7.62. The Bertz CT molecular complexity index is 286. The average Bonchev–Trinajstić information content (AvgIpc) is 2.57. The summed E-state index contributed by atoms with van der Waals surface area (Å²) in [4.78, 5) is 0. The standard InChI is InChI=1S/C10H13NS2/c1-7-3-2-4-9(11)10(7)8-5-12-13-6-8/h2-4,8H,5-6,11H2,1H3. The molecule has 0 bridgehead atoms. The molecule has 2 rings (SSSR count). The fourth-order valence-electron chi connectivity index (χ4n) is 1.74. The Balaban J connectivity index is 2.37. The van der Waals surface area contributed by atoms with E-state index in [9.17, 15) is 0 Å². The van der Waals surface area contributed by atoms with Gasteiger partial charge in [-0.2, -0.15) is 0 Å². The van der Waals surface area contributed by atoms with E-state index in [-0.39, 0.29) is 0 Å². The first-order chi connectivity index (χ1) is 6.29. The van der Waals surface area contributed by atoms with Crippen LogP contribution in [0.2, 0.25) is 0 Å². The second-order valence-corrected chi connectivity index (χ2v) is 5.90. The molecule has 1 heterocycles. The minimum Gasteiger partial charge on any atom is -0.398 e. The molecule has 1 aliphatic heterocycles. The van der Waals surface area contributed by atoms with Gasteiger partial charge in [0.1, 0.15) is 0 Å². The molecule has 1 aliphatic rings. The Hall–Kier alpha value is -0.280. The van der Waals surface area contributed by atoms with E-state index >= 15 is 0 Å². The summed E-state index contributed by atoms with van der Waals surface area (Å²) in [5.74, 6) is 3.08. The predicted molar refractivity (Wildman–Crippen MR) is 63.2 cm³/mol. The van der Waals surface area contributed by atoms with Gasteiger partial charge in [-0.05, 0) is 24.1 Å². The van der Waals surface area contributed by atoms with Gasteiger partial charge in [0, 0.05) is 23.1 Å². The van der Waals surface area contributed by atoms with Gasteiger partial charge in [-0.1, -0.05) is 33.7 Å². The topological polar surface area (TPSA) is 26.0 Å². The quantitative estimate of drug-likeness (QED) is 0.571. The van der Waals surface area contributed by atoms with Crippen molar-refractivity contribution in [2.24, 2.45) is 0 Å². The molecule has 1 nitrogen and oxygen atoms in total. The summed E-state index contributed by atoms with van der Waals surface area (Å²) in [6.07, 6.45) is 0. The lowest BCUT2D eigenvalue weighted by Crippen LogP contribution is -2.05. The molecular weight excluding hydrogens is 198 g/mol. The van der Waals surface area contributed by atoms with Crippen LogP contribution in [0.1, 0.15) is 17.0 Å². The van der Waals surface area contributed by atoms with Crippen LogP contribution in [-0.4, -0.2) is 11.5 Å². The Morgan fingerprint density at radius 2 is 2.00 bits per heavy atom. The molecule has 1 saturated heterocycles. The highest BCUT2D eigenvalue weighted by Crippen LogP contribution is 2.42. The Morgan fingerprint density at radius 3 is 2.62 bits per heavy atom. The maximum absolute atomic E-state index is 5.98. The van der Waals surface area contributed by atoms with Gasteiger partial charge in [-0.15, -0.1) is 0 Å². The molecule has 0 saturated carbocycles. The largest absolute Gasteiger partial charge is 0.398 e. The van der Waals surface area contributed by atoms with Crippen molar-refractivity contribution in [3.63, 3.8) is 0 Å². The smallest absolute Gasteiger partial charge is 0.0352 e. The van der Waals surface area contributed by atoms with E-state index in [1.807, 2.05) is 33.7 Å². The predicted octanol–water partition coefficient (Wildman–Crippen LogP) is 3.06. The monoisotopic (exact) mass is 211 g/mol. The van der Waals surface area contributed by atoms with Crippen molar-refractivity contribution in [1.82, 2.24) is 0 Å². The second kappa shape index (κ2) is 3.84. The van der Waals surface area contributed by atoms with Crippen molar-refractivity contribution in [3.8, 4) is 0 Å². The molecule has 0 aromatic heterocycles. The van der Waals surface area contributed by atoms with Gasteiger partial charge in [0.05, 0.1) is 0 Å². The molecule has 13 heavy (non-hydrogen) atoms. The van der Waals surface area contributed by atoms with E-state index in [0.29, 0.717) is 5.92 Å². The van der Waals surface area contributed by atoms with Crippen molar-refractivity contribution in [3.05, 3.63) is 29.3 Å². The van der Waals surface area contributed by atoms with E-state index in [1.54, 1.807) is 0 Å². The SMILES string of the molecule is Cc1cccc(N)c1C1CSSC1. The van der Waals surface area contributed by atoms with Gasteiger partial charge in [-0.3, -0.25) is 0 Å². The first kappa shape index (κ1) is 9.28. The summed E-state index contributed by atoms with van der Waals surface area (Å²) < 4.78 is 0. The third-order valence-electron chi connectivity index (χ3n) is 2.39. The van der Waals surface area contributed by atoms with E-state index < -0.39 is 0 Å². The van der Waals surface area contributed by atoms with Crippen LogP contribution in [-0.2, 0) is 0 Å². The molecule has 1 aromatic rings. The molecule has 0 radical (unpaired) electrons. The van der Waals surface area contributed by atoms with Crippen LogP contribution in [0.4, 0.5) is 5.69 Å². The van der Waals surface area contributed by atoms with E-state index in [1.165, 1.54) is 22.6 Å². The molecule has 0 spiro atoms. The fourth-order valence-corrected chi connectivity index (χ4v) is 4.54. The summed E-state index contributed by atoms with van der Waals surface area (Å²) in [5, 5.41) is 0. The zero-order valence-corrected chi connectivity index (χ0v) is 9.25. The number of hydrogen-bond acceptors (Lipinski definition) is 3. The summed E-state index contributed by atoms with van der Waals surface area (Å²) in [6.45, 7) is 2.15. The van der Waals surface area contributed by atoms with Crippen LogP contribution in [0, 0.1) is 6.92 Å². The normalized spacial score (nSPS) is 17.9. The average molecular weight is 211 g/mol. The lowest BCUT2D eigenvalue weighted by Gasteiger charge is -2.14. The van der Waals surface area contributed by atoms with Crippen molar-refractivity contribution < 1.29 is 0 Å². The van der Waals surface area contributed by atoms with Gasteiger partial charge >= 0.3 is 0 Å². The van der Waals surface area contributed by atoms with Crippen LogP contribution in [0.5, 0.6) is 0 Å². The Labute approximate surface area is 86.9 Å². The van der Waals surface area contributed by atoms with Gasteiger partial charge in [0.25, 0.3) is 0 Å². The molecule has 70 valence electrons. The van der Waals surface area contributed by atoms with E-state index in [0.717, 1.165) is 5.69 Å². The highest BCUT2D eigenvalue weighted by molar-refractivity contribution is 8.77. The molecule has 0 amide bonds. The number of nitrogens with two attached hydrogens (primary N) is 1. The van der Waals surface area contributed by atoms with Crippen LogP contribution >= 0.6 is 21.6 Å². The molecule has 3 heteroatoms. The van der Waals surface area contributed by atoms with Crippen LogP contribution in [0.25, 0.3) is 0 Å². The molecule has 1 aromatic carbocycles. The van der Waals surface area contributed by atoms with Crippen molar-refractivity contribution >= 4 is 27.3 Å². The lowest BCUT2D eigenvalue weighted by atomic mass is 9.96. The number of anilines is 1. The summed E-state index contributed by atoms with van der Waals surface area (Å²) in [7, 11) is 3.91. The summed E-state index contributed by atoms with van der Waals surface area (Å²) in [6, 6.07) is 6.19. The second-order valence-electron chi connectivity index (χ2n) is 3.34. The first-order valence-corrected chi connectivity index (χ1v) is 6.87. The Kier molecular flexibility index (Phi) is 2.74. The highest BCUT2D eigenvalue weighted by atomic mass is 33.1. The van der Waals surface area contributed by atoms with Crippen molar-refractivity contribution in [1.29, 1.82) is 0 Å². The van der Waals surface area contributed by atoms with Gasteiger partial charge in [0.15, 0.2) is 0 Å². The van der Waals surface area contributed by atoms with Crippen molar-refractivity contribution in [2.75, 3.05) is 17.2 Å². The van der Waals surface area contributed by atoms with Crippen LogP contribution in [0.15, 0.2) is 18.2 Å². The molecule has 0 unspecified atom stereocenters. The summed E-state index contributed by atoms with van der Waals surface area (Å²) in [5.41, 5.74) is 9.66. The first-order valence-electron chi connectivity index (χ1n) is 4.38. The molecule has 0 aliphatic carbocycles. The fraction of sp³-hybridized carbons (Fsp3) is 0.400. The van der Waals surface area contributed by atoms with Gasteiger partial charge in [0.2, 0.25) is 0 Å². The maximum Gasteiger partial charge on any atom is 0.0352 e. The minimum atomic E-state index is 0.663. The number of aryl methyl sites for hydroxylation is 1. The van der Waals surface area contributed by atoms with Crippen LogP contribution in [0.3, 0.4) is 0 Å². The molecule has 0 atom stereocenters. The third-order valence-corrected chi connectivity index (χ3v) is 4.95. The van der Waals surface area contributed by atoms with Gasteiger partial charge < -0.3 is 5.73 Å². The number of benzene rings is 1. The van der Waals surface area contributed by atoms with Gasteiger partial charge in [-0.25, -0.2) is 0 Å². The zero-order chi connectivity index (χ0) is 9.26. The number of rotatable bonds is 1. The summed E-state index contributed by atoms with van der Waals surface area (Å²) >= 11 is 0. The lowest BCUT2D eigenvalue weighted by molar-refractivity contribution is 0.900. The minimum absolute atomic E-state index is 0.663. The maximum atomic E-state index is 5.98. The highest BCUT2D eigenvalue weighted by Gasteiger charge is 2.21. The number of hydrogen-bond donors (Lipinski definition) is 1. The van der Waals surface area contributed by atoms with Crippen molar-refractivity contribution in [2.45, 2.75) is 12.8 Å². The van der Waals surface area contributed by atoms with Crippen LogP contribution < -0.4 is 5.73 Å². The van der Waals surface area contributed by atoms with E-state index in [2.05, 4.69) is 13.0 Å². The molecular formula is C10H13NS2. The van der Waals surface area contributed by atoms with E-state index in [4.69, 9.17) is 5.73 Å². The Morgan fingerprint density at radius 1 is 1.31 bits per heavy atom.